The zero-order valence-electron chi connectivity index (χ0n) is 12.6. The van der Waals surface area contributed by atoms with E-state index >= 15 is 0 Å². The first-order valence-corrected chi connectivity index (χ1v) is 8.24. The number of nitrogens with one attached hydrogen (secondary N) is 1. The summed E-state index contributed by atoms with van der Waals surface area (Å²) in [7, 11) is 0. The van der Waals surface area contributed by atoms with Gasteiger partial charge < -0.3 is 15.8 Å². The van der Waals surface area contributed by atoms with Crippen LogP contribution in [0.1, 0.15) is 33.6 Å². The minimum atomic E-state index is -0.571. The molecule has 21 heavy (non-hydrogen) atoms. The Kier molecular flexibility index (Phi) is 6.97. The molecule has 0 aliphatic rings. The first kappa shape index (κ1) is 18.3. The molecule has 0 unspecified atom stereocenters. The lowest BCUT2D eigenvalue weighted by Gasteiger charge is -2.29. The van der Waals surface area contributed by atoms with E-state index in [1.54, 1.807) is 12.1 Å². The molecule has 1 aromatic carbocycles. The maximum atomic E-state index is 12.6. The van der Waals surface area contributed by atoms with Gasteiger partial charge in [-0.15, -0.1) is 0 Å². The van der Waals surface area contributed by atoms with E-state index in [0.29, 0.717) is 46.9 Å². The molecule has 4 nitrogen and oxygen atoms in total. The first-order chi connectivity index (χ1) is 9.93. The average molecular weight is 378 g/mol. The molecule has 1 rings (SSSR count). The number of nitrogens with two attached hydrogens (primary N) is 1. The van der Waals surface area contributed by atoms with E-state index in [4.69, 9.17) is 22.1 Å². The largest absolute Gasteiger partial charge is 0.491 e. The Morgan fingerprint density at radius 3 is 2.48 bits per heavy atom. The highest BCUT2D eigenvalue weighted by molar-refractivity contribution is 9.10. The fourth-order valence-electron chi connectivity index (χ4n) is 2.15. The molecule has 6 heteroatoms. The molecule has 0 heterocycles. The molecule has 0 spiro atoms. The Hall–Kier alpha value is -0.780. The van der Waals surface area contributed by atoms with E-state index < -0.39 is 5.41 Å². The normalized spacial score (nSPS) is 11.3. The van der Waals surface area contributed by atoms with E-state index in [1.165, 1.54) is 0 Å². The topological polar surface area (TPSA) is 64.3 Å². The lowest BCUT2D eigenvalue weighted by molar-refractivity contribution is -0.125. The van der Waals surface area contributed by atoms with Gasteiger partial charge in [-0.05, 0) is 47.8 Å². The lowest BCUT2D eigenvalue weighted by atomic mass is 9.81. The second-order valence-corrected chi connectivity index (χ2v) is 6.13. The number of carbonyl (C=O) groups is 1. The number of hydrogen-bond acceptors (Lipinski definition) is 3. The van der Waals surface area contributed by atoms with Crippen LogP contribution < -0.4 is 15.8 Å². The van der Waals surface area contributed by atoms with Crippen molar-refractivity contribution in [3.63, 3.8) is 0 Å². The molecular weight excluding hydrogens is 356 g/mol. The van der Waals surface area contributed by atoms with Crippen molar-refractivity contribution in [3.8, 4) is 5.75 Å². The van der Waals surface area contributed by atoms with Gasteiger partial charge in [0.25, 0.3) is 0 Å². The third-order valence-corrected chi connectivity index (χ3v) is 4.58. The molecular formula is C15H22BrClN2O2. The Labute approximate surface area is 139 Å². The van der Waals surface area contributed by atoms with Crippen molar-refractivity contribution in [1.82, 2.24) is 0 Å². The van der Waals surface area contributed by atoms with E-state index in [-0.39, 0.29) is 5.91 Å². The van der Waals surface area contributed by atoms with Crippen molar-refractivity contribution in [1.29, 1.82) is 0 Å². The molecule has 3 N–H and O–H groups in total. The molecule has 0 aliphatic heterocycles. The highest BCUT2D eigenvalue weighted by Gasteiger charge is 2.34. The summed E-state index contributed by atoms with van der Waals surface area (Å²) in [6.07, 6.45) is 1.36. The summed E-state index contributed by atoms with van der Waals surface area (Å²) in [5.41, 5.74) is 5.80. The maximum Gasteiger partial charge on any atom is 0.231 e. The van der Waals surface area contributed by atoms with Gasteiger partial charge in [-0.2, -0.15) is 0 Å². The molecule has 0 aromatic heterocycles. The molecule has 118 valence electrons. The molecule has 1 aromatic rings. The lowest BCUT2D eigenvalue weighted by Crippen LogP contribution is -2.41. The van der Waals surface area contributed by atoms with Gasteiger partial charge in [0.15, 0.2) is 5.75 Å². The summed E-state index contributed by atoms with van der Waals surface area (Å²) in [5, 5.41) is 3.43. The number of amides is 1. The predicted molar refractivity (Wildman–Crippen MR) is 91.0 cm³/mol. The number of hydrogen-bond donors (Lipinski definition) is 2. The van der Waals surface area contributed by atoms with E-state index in [0.717, 1.165) is 0 Å². The van der Waals surface area contributed by atoms with Crippen LogP contribution >= 0.6 is 27.5 Å². The van der Waals surface area contributed by atoms with E-state index in [9.17, 15) is 4.79 Å². The zero-order valence-corrected chi connectivity index (χ0v) is 15.0. The van der Waals surface area contributed by atoms with Crippen LogP contribution in [-0.4, -0.2) is 19.1 Å². The van der Waals surface area contributed by atoms with Gasteiger partial charge in [0.2, 0.25) is 5.91 Å². The van der Waals surface area contributed by atoms with Crippen molar-refractivity contribution in [2.45, 2.75) is 33.6 Å². The number of carbonyl (C=O) groups excluding carboxylic acids is 1. The average Bonchev–Trinajstić information content (AvgIpc) is 2.45. The van der Waals surface area contributed by atoms with Crippen LogP contribution in [0.3, 0.4) is 0 Å². The summed E-state index contributed by atoms with van der Waals surface area (Å²) in [4.78, 5) is 12.6. The number of benzene rings is 1. The fraction of sp³-hybridized carbons (Fsp3) is 0.533. The molecule has 0 aliphatic carbocycles. The van der Waals surface area contributed by atoms with Crippen molar-refractivity contribution in [3.05, 3.63) is 21.6 Å². The van der Waals surface area contributed by atoms with Crippen LogP contribution in [0.15, 0.2) is 16.6 Å². The highest BCUT2D eigenvalue weighted by Crippen LogP contribution is 2.38. The van der Waals surface area contributed by atoms with Crippen LogP contribution in [0.2, 0.25) is 5.02 Å². The Bertz CT molecular complexity index is 496. The summed E-state index contributed by atoms with van der Waals surface area (Å²) >= 11 is 9.47. The molecule has 0 saturated carbocycles. The Morgan fingerprint density at radius 1 is 1.38 bits per heavy atom. The third kappa shape index (κ3) is 4.11. The number of rotatable bonds is 7. The van der Waals surface area contributed by atoms with Crippen LogP contribution in [0.25, 0.3) is 0 Å². The zero-order chi connectivity index (χ0) is 16.0. The van der Waals surface area contributed by atoms with Crippen LogP contribution in [0.4, 0.5) is 5.69 Å². The van der Waals surface area contributed by atoms with E-state index in [2.05, 4.69) is 21.2 Å². The van der Waals surface area contributed by atoms with Crippen LogP contribution in [0, 0.1) is 5.41 Å². The summed E-state index contributed by atoms with van der Waals surface area (Å²) in [6.45, 7) is 6.61. The number of anilines is 1. The second kappa shape index (κ2) is 8.01. The Morgan fingerprint density at radius 2 is 2.00 bits per heavy atom. The van der Waals surface area contributed by atoms with Crippen molar-refractivity contribution in [2.75, 3.05) is 18.5 Å². The van der Waals surface area contributed by atoms with Crippen molar-refractivity contribution < 1.29 is 9.53 Å². The first-order valence-electron chi connectivity index (χ1n) is 7.07. The Balaban J connectivity index is 3.14. The minimum absolute atomic E-state index is 0.106. The summed E-state index contributed by atoms with van der Waals surface area (Å²) in [6, 6.07) is 3.42. The molecule has 0 radical (unpaired) electrons. The van der Waals surface area contributed by atoms with Gasteiger partial charge in [0.05, 0.1) is 22.2 Å². The minimum Gasteiger partial charge on any atom is -0.491 e. The smallest absolute Gasteiger partial charge is 0.231 e. The molecule has 0 saturated heterocycles. The number of ether oxygens (including phenoxy) is 1. The van der Waals surface area contributed by atoms with Gasteiger partial charge in [-0.3, -0.25) is 4.79 Å². The fourth-order valence-corrected chi connectivity index (χ4v) is 3.08. The van der Waals surface area contributed by atoms with Crippen molar-refractivity contribution >= 4 is 39.1 Å². The number of halogens is 2. The molecule has 0 fully saturated rings. The molecule has 0 atom stereocenters. The monoisotopic (exact) mass is 376 g/mol. The van der Waals surface area contributed by atoms with Gasteiger partial charge in [-0.25, -0.2) is 0 Å². The van der Waals surface area contributed by atoms with Gasteiger partial charge in [-0.1, -0.05) is 25.4 Å². The molecule has 0 bridgehead atoms. The quantitative estimate of drug-likeness (QED) is 0.748. The standard InChI is InChI=1S/C15H22BrClN2O2/c1-4-15(5-2,9-18)14(20)19-12-8-10(17)7-11(16)13(12)21-6-3/h7-8H,4-6,9,18H2,1-3H3,(H,19,20). The van der Waals surface area contributed by atoms with Crippen LogP contribution in [0.5, 0.6) is 5.75 Å². The van der Waals surface area contributed by atoms with Crippen molar-refractivity contribution in [2.24, 2.45) is 11.1 Å². The summed E-state index contributed by atoms with van der Waals surface area (Å²) in [5.74, 6) is 0.471. The van der Waals surface area contributed by atoms with Gasteiger partial charge in [0, 0.05) is 11.6 Å². The van der Waals surface area contributed by atoms with Gasteiger partial charge in [0.1, 0.15) is 0 Å². The molecule has 1 amide bonds. The third-order valence-electron chi connectivity index (χ3n) is 3.77. The summed E-state index contributed by atoms with van der Waals surface area (Å²) < 4.78 is 6.29. The van der Waals surface area contributed by atoms with Gasteiger partial charge >= 0.3 is 0 Å². The second-order valence-electron chi connectivity index (χ2n) is 4.84. The predicted octanol–water partition coefficient (Wildman–Crippen LogP) is 4.20. The highest BCUT2D eigenvalue weighted by atomic mass is 79.9. The van der Waals surface area contributed by atoms with Crippen LogP contribution in [-0.2, 0) is 4.79 Å². The van der Waals surface area contributed by atoms with E-state index in [1.807, 2.05) is 20.8 Å². The SMILES string of the molecule is CCOc1c(Br)cc(Cl)cc1NC(=O)C(CC)(CC)CN. The maximum absolute atomic E-state index is 12.6.